The number of hydrogen-bond donors (Lipinski definition) is 0. The second-order valence-corrected chi connectivity index (χ2v) is 5.57. The van der Waals surface area contributed by atoms with Gasteiger partial charge in [0.1, 0.15) is 0 Å². The minimum Gasteiger partial charge on any atom is -0.459 e. The number of furan rings is 1. The summed E-state index contributed by atoms with van der Waals surface area (Å²) in [6.07, 6.45) is 1.78. The predicted molar refractivity (Wildman–Crippen MR) is 78.0 cm³/mol. The fourth-order valence-corrected chi connectivity index (χ4v) is 2.42. The summed E-state index contributed by atoms with van der Waals surface area (Å²) in [5, 5.41) is 8.38. The maximum Gasteiger partial charge on any atom is 0.284 e. The molecule has 0 N–H and O–H groups in total. The number of aromatic nitrogens is 2. The highest BCUT2D eigenvalue weighted by molar-refractivity contribution is 8.13. The predicted octanol–water partition coefficient (Wildman–Crippen LogP) is 3.84. The highest BCUT2D eigenvalue weighted by Crippen LogP contribution is 2.24. The minimum atomic E-state index is -0.0908. The van der Waals surface area contributed by atoms with Crippen LogP contribution < -0.4 is 0 Å². The van der Waals surface area contributed by atoms with E-state index in [0.29, 0.717) is 10.8 Å². The molecule has 106 valence electrons. The molecule has 0 bridgehead atoms. The van der Waals surface area contributed by atoms with Crippen molar-refractivity contribution in [3.8, 4) is 11.7 Å². The Morgan fingerprint density at radius 1 is 1.19 bits per heavy atom. The van der Waals surface area contributed by atoms with Gasteiger partial charge in [-0.05, 0) is 29.8 Å². The van der Waals surface area contributed by atoms with Gasteiger partial charge >= 0.3 is 0 Å². The van der Waals surface area contributed by atoms with Crippen molar-refractivity contribution in [2.24, 2.45) is 0 Å². The molecule has 0 atom stereocenters. The third-order valence-corrected chi connectivity index (χ3v) is 3.56. The van der Waals surface area contributed by atoms with Crippen molar-refractivity contribution >= 4 is 28.5 Å². The van der Waals surface area contributed by atoms with Crippen molar-refractivity contribution in [1.29, 1.82) is 0 Å². The van der Waals surface area contributed by atoms with Crippen molar-refractivity contribution in [3.63, 3.8) is 0 Å². The zero-order valence-corrected chi connectivity index (χ0v) is 12.2. The van der Waals surface area contributed by atoms with E-state index in [0.717, 1.165) is 17.3 Å². The second kappa shape index (κ2) is 6.15. The molecule has 0 fully saturated rings. The van der Waals surface area contributed by atoms with Gasteiger partial charge in [0.25, 0.3) is 11.1 Å². The fourth-order valence-electron chi connectivity index (χ4n) is 1.65. The van der Waals surface area contributed by atoms with Crippen LogP contribution in [0, 0.1) is 0 Å². The Kier molecular flexibility index (Phi) is 4.08. The van der Waals surface area contributed by atoms with Gasteiger partial charge in [0.05, 0.1) is 6.26 Å². The molecule has 0 radical (unpaired) electrons. The molecule has 3 rings (SSSR count). The lowest BCUT2D eigenvalue weighted by Gasteiger charge is -1.98. The molecule has 0 unspecified atom stereocenters. The van der Waals surface area contributed by atoms with Gasteiger partial charge in [0, 0.05) is 23.2 Å². The Labute approximate surface area is 129 Å². The highest BCUT2D eigenvalue weighted by atomic mass is 35.5. The molecule has 0 spiro atoms. The van der Waals surface area contributed by atoms with E-state index in [4.69, 9.17) is 20.4 Å². The lowest BCUT2D eigenvalue weighted by molar-refractivity contribution is -0.110. The molecule has 2 aromatic heterocycles. The normalized spacial score (nSPS) is 10.7. The standard InChI is InChI=1S/C14H9ClN2O3S/c15-10-5-3-9(4-6-10)8-12(18)21-14-17-16-13(20-14)11-2-1-7-19-11/h1-7H,8H2. The summed E-state index contributed by atoms with van der Waals surface area (Å²) in [5.41, 5.74) is 0.877. The summed E-state index contributed by atoms with van der Waals surface area (Å²) < 4.78 is 10.5. The highest BCUT2D eigenvalue weighted by Gasteiger charge is 2.15. The monoisotopic (exact) mass is 320 g/mol. The van der Waals surface area contributed by atoms with Crippen LogP contribution >= 0.6 is 23.4 Å². The van der Waals surface area contributed by atoms with Gasteiger partial charge in [0.15, 0.2) is 5.76 Å². The van der Waals surface area contributed by atoms with E-state index in [2.05, 4.69) is 10.2 Å². The van der Waals surface area contributed by atoms with Gasteiger partial charge in [0.2, 0.25) is 5.12 Å². The average Bonchev–Trinajstić information content (AvgIpc) is 3.12. The van der Waals surface area contributed by atoms with Crippen LogP contribution in [0.4, 0.5) is 0 Å². The number of nitrogens with zero attached hydrogens (tertiary/aromatic N) is 2. The molecule has 0 aliphatic carbocycles. The van der Waals surface area contributed by atoms with Crippen molar-refractivity contribution in [3.05, 3.63) is 53.2 Å². The maximum atomic E-state index is 11.9. The van der Waals surface area contributed by atoms with Crippen LogP contribution in [0.1, 0.15) is 5.56 Å². The van der Waals surface area contributed by atoms with E-state index < -0.39 is 0 Å². The first-order valence-corrected chi connectivity index (χ1v) is 7.22. The Morgan fingerprint density at radius 2 is 2.00 bits per heavy atom. The molecule has 0 saturated heterocycles. The summed E-state index contributed by atoms with van der Waals surface area (Å²) in [7, 11) is 0. The molecule has 5 nitrogen and oxygen atoms in total. The van der Waals surface area contributed by atoms with Crippen molar-refractivity contribution in [2.75, 3.05) is 0 Å². The van der Waals surface area contributed by atoms with Crippen LogP contribution in [-0.4, -0.2) is 15.3 Å². The summed E-state index contributed by atoms with van der Waals surface area (Å²) in [4.78, 5) is 11.9. The lowest BCUT2D eigenvalue weighted by atomic mass is 10.2. The maximum absolute atomic E-state index is 11.9. The molecule has 0 aliphatic rings. The number of halogens is 1. The van der Waals surface area contributed by atoms with Crippen LogP contribution in [0.15, 0.2) is 56.7 Å². The first kappa shape index (κ1) is 13.9. The third-order valence-electron chi connectivity index (χ3n) is 2.60. The van der Waals surface area contributed by atoms with E-state index in [1.165, 1.54) is 6.26 Å². The van der Waals surface area contributed by atoms with Crippen molar-refractivity contribution in [1.82, 2.24) is 10.2 Å². The molecule has 21 heavy (non-hydrogen) atoms. The van der Waals surface area contributed by atoms with Crippen molar-refractivity contribution in [2.45, 2.75) is 11.6 Å². The SMILES string of the molecule is O=C(Cc1ccc(Cl)cc1)Sc1nnc(-c2ccco2)o1. The largest absolute Gasteiger partial charge is 0.459 e. The number of carbonyl (C=O) groups excluding carboxylic acids is 1. The zero-order chi connectivity index (χ0) is 14.7. The molecule has 0 amide bonds. The van der Waals surface area contributed by atoms with Gasteiger partial charge in [-0.3, -0.25) is 4.79 Å². The fraction of sp³-hybridized carbons (Fsp3) is 0.0714. The van der Waals surface area contributed by atoms with Crippen LogP contribution in [0.2, 0.25) is 5.02 Å². The number of benzene rings is 1. The molecule has 3 aromatic rings. The summed E-state index contributed by atoms with van der Waals surface area (Å²) in [6.45, 7) is 0. The average molecular weight is 321 g/mol. The zero-order valence-electron chi connectivity index (χ0n) is 10.7. The Balaban J connectivity index is 1.64. The third kappa shape index (κ3) is 3.53. The van der Waals surface area contributed by atoms with Gasteiger partial charge in [-0.1, -0.05) is 23.7 Å². The van der Waals surface area contributed by atoms with Gasteiger partial charge < -0.3 is 8.83 Å². The van der Waals surface area contributed by atoms with Gasteiger partial charge in [-0.15, -0.1) is 10.2 Å². The van der Waals surface area contributed by atoms with E-state index in [1.54, 1.807) is 24.3 Å². The minimum absolute atomic E-state index is 0.0908. The number of hydrogen-bond acceptors (Lipinski definition) is 6. The summed E-state index contributed by atoms with van der Waals surface area (Å²) in [5.74, 6) is 0.723. The van der Waals surface area contributed by atoms with E-state index in [9.17, 15) is 4.79 Å². The van der Waals surface area contributed by atoms with E-state index in [1.807, 2.05) is 12.1 Å². The molecule has 0 aliphatic heterocycles. The van der Waals surface area contributed by atoms with E-state index >= 15 is 0 Å². The number of thioether (sulfide) groups is 1. The topological polar surface area (TPSA) is 69.1 Å². The number of carbonyl (C=O) groups is 1. The van der Waals surface area contributed by atoms with Crippen LogP contribution in [-0.2, 0) is 11.2 Å². The summed E-state index contributed by atoms with van der Waals surface area (Å²) in [6, 6.07) is 10.5. The van der Waals surface area contributed by atoms with Gasteiger partial charge in [-0.2, -0.15) is 0 Å². The van der Waals surface area contributed by atoms with Gasteiger partial charge in [-0.25, -0.2) is 0 Å². The lowest BCUT2D eigenvalue weighted by Crippen LogP contribution is -1.97. The van der Waals surface area contributed by atoms with Crippen LogP contribution in [0.5, 0.6) is 0 Å². The van der Waals surface area contributed by atoms with E-state index in [-0.39, 0.29) is 22.6 Å². The first-order valence-electron chi connectivity index (χ1n) is 6.03. The molecular weight excluding hydrogens is 312 g/mol. The molecule has 0 saturated carbocycles. The van der Waals surface area contributed by atoms with Crippen LogP contribution in [0.3, 0.4) is 0 Å². The number of rotatable bonds is 4. The first-order chi connectivity index (χ1) is 10.2. The van der Waals surface area contributed by atoms with Crippen LogP contribution in [0.25, 0.3) is 11.7 Å². The second-order valence-electron chi connectivity index (χ2n) is 4.13. The smallest absolute Gasteiger partial charge is 0.284 e. The molecule has 2 heterocycles. The quantitative estimate of drug-likeness (QED) is 0.680. The Hall–Kier alpha value is -2.05. The van der Waals surface area contributed by atoms with Crippen molar-refractivity contribution < 1.29 is 13.6 Å². The Bertz CT molecular complexity index is 738. The molecule has 1 aromatic carbocycles. The molecule has 7 heteroatoms. The Morgan fingerprint density at radius 3 is 2.71 bits per heavy atom. The molecular formula is C14H9ClN2O3S. The summed E-state index contributed by atoms with van der Waals surface area (Å²) >= 11 is 6.70.